The number of nitrogens with two attached hydrogens (primary N) is 1. The third-order valence-corrected chi connectivity index (χ3v) is 2.95. The summed E-state index contributed by atoms with van der Waals surface area (Å²) in [7, 11) is 0. The Morgan fingerprint density at radius 2 is 2.15 bits per heavy atom. The third kappa shape index (κ3) is 1.36. The summed E-state index contributed by atoms with van der Waals surface area (Å²) in [6.45, 7) is 0.171. The Morgan fingerprint density at radius 3 is 2.92 bits per heavy atom. The molecule has 3 N–H and O–H groups in total. The van der Waals surface area contributed by atoms with Crippen LogP contribution in [0.3, 0.4) is 0 Å². The van der Waals surface area contributed by atoms with Crippen LogP contribution >= 0.6 is 0 Å². The van der Waals surface area contributed by atoms with Gasteiger partial charge in [0.15, 0.2) is 0 Å². The second kappa shape index (κ2) is 3.13. The van der Waals surface area contributed by atoms with Crippen LogP contribution in [0.15, 0.2) is 24.3 Å². The quantitative estimate of drug-likeness (QED) is 0.712. The first-order valence-corrected chi connectivity index (χ1v) is 4.74. The highest BCUT2D eigenvalue weighted by Crippen LogP contribution is 2.36. The Kier molecular flexibility index (Phi) is 2.10. The average Bonchev–Trinajstić information content (AvgIpc) is 2.46. The van der Waals surface area contributed by atoms with Crippen LogP contribution < -0.4 is 5.73 Å². The van der Waals surface area contributed by atoms with E-state index >= 15 is 0 Å². The van der Waals surface area contributed by atoms with Crippen LogP contribution in [-0.2, 0) is 12.0 Å². The molecule has 0 bridgehead atoms. The van der Waals surface area contributed by atoms with E-state index < -0.39 is 0 Å². The van der Waals surface area contributed by atoms with E-state index in [2.05, 4.69) is 12.1 Å². The van der Waals surface area contributed by atoms with E-state index in [1.54, 1.807) is 0 Å². The minimum Gasteiger partial charge on any atom is -0.396 e. The molecule has 13 heavy (non-hydrogen) atoms. The molecule has 2 nitrogen and oxygen atoms in total. The van der Waals surface area contributed by atoms with Crippen molar-refractivity contribution < 1.29 is 5.11 Å². The molecule has 70 valence electrons. The zero-order chi connectivity index (χ0) is 9.31. The highest BCUT2D eigenvalue weighted by Gasteiger charge is 2.33. The summed E-state index contributed by atoms with van der Waals surface area (Å²) in [5, 5.41) is 8.94. The van der Waals surface area contributed by atoms with E-state index in [0.29, 0.717) is 6.42 Å². The number of aliphatic hydroxyl groups excluding tert-OH is 1. The predicted molar refractivity (Wildman–Crippen MR) is 52.3 cm³/mol. The molecule has 0 saturated heterocycles. The van der Waals surface area contributed by atoms with Crippen LogP contribution in [0.4, 0.5) is 0 Å². The van der Waals surface area contributed by atoms with Gasteiger partial charge in [0.2, 0.25) is 0 Å². The summed E-state index contributed by atoms with van der Waals surface area (Å²) < 4.78 is 0. The maximum absolute atomic E-state index is 8.94. The molecule has 0 amide bonds. The van der Waals surface area contributed by atoms with Crippen LogP contribution in [0.1, 0.15) is 24.0 Å². The van der Waals surface area contributed by atoms with Crippen molar-refractivity contribution in [2.45, 2.75) is 24.8 Å². The van der Waals surface area contributed by atoms with Crippen molar-refractivity contribution in [3.8, 4) is 0 Å². The number of hydrogen-bond donors (Lipinski definition) is 2. The lowest BCUT2D eigenvalue weighted by Gasteiger charge is -2.24. The van der Waals surface area contributed by atoms with Gasteiger partial charge in [-0.05, 0) is 30.4 Å². The van der Waals surface area contributed by atoms with E-state index in [0.717, 1.165) is 12.8 Å². The van der Waals surface area contributed by atoms with Gasteiger partial charge in [-0.2, -0.15) is 0 Å². The fourth-order valence-corrected chi connectivity index (χ4v) is 2.18. The molecular formula is C11H15NO. The number of hydrogen-bond acceptors (Lipinski definition) is 2. The number of aryl methyl sites for hydroxylation is 1. The lowest BCUT2D eigenvalue weighted by Crippen LogP contribution is -2.35. The van der Waals surface area contributed by atoms with Crippen molar-refractivity contribution in [2.24, 2.45) is 5.73 Å². The summed E-state index contributed by atoms with van der Waals surface area (Å²) in [5.74, 6) is 0. The molecule has 1 unspecified atom stereocenters. The van der Waals surface area contributed by atoms with Gasteiger partial charge >= 0.3 is 0 Å². The molecule has 0 saturated carbocycles. The lowest BCUT2D eigenvalue weighted by atomic mass is 9.90. The number of aliphatic hydroxyl groups is 1. The van der Waals surface area contributed by atoms with Gasteiger partial charge in [-0.25, -0.2) is 0 Å². The summed E-state index contributed by atoms with van der Waals surface area (Å²) in [6.07, 6.45) is 2.68. The monoisotopic (exact) mass is 177 g/mol. The number of rotatable bonds is 2. The summed E-state index contributed by atoms with van der Waals surface area (Å²) >= 11 is 0. The lowest BCUT2D eigenvalue weighted by molar-refractivity contribution is 0.238. The maximum Gasteiger partial charge on any atom is 0.0451 e. The van der Waals surface area contributed by atoms with Gasteiger partial charge in [-0.15, -0.1) is 0 Å². The molecule has 0 aliphatic heterocycles. The third-order valence-electron chi connectivity index (χ3n) is 2.95. The first-order valence-electron chi connectivity index (χ1n) is 4.74. The number of benzene rings is 1. The van der Waals surface area contributed by atoms with Crippen LogP contribution in [0.5, 0.6) is 0 Å². The Labute approximate surface area is 78.4 Å². The van der Waals surface area contributed by atoms with Gasteiger partial charge in [0, 0.05) is 12.1 Å². The molecule has 0 spiro atoms. The second-order valence-corrected chi connectivity index (χ2v) is 3.79. The van der Waals surface area contributed by atoms with Crippen LogP contribution in [-0.4, -0.2) is 11.7 Å². The van der Waals surface area contributed by atoms with Crippen LogP contribution in [0, 0.1) is 0 Å². The smallest absolute Gasteiger partial charge is 0.0451 e. The molecule has 1 atom stereocenters. The molecule has 0 heterocycles. The number of fused-ring (bicyclic) bond motifs is 1. The summed E-state index contributed by atoms with van der Waals surface area (Å²) in [4.78, 5) is 0. The second-order valence-electron chi connectivity index (χ2n) is 3.79. The molecule has 0 fully saturated rings. The predicted octanol–water partition coefficient (Wildman–Crippen LogP) is 1.17. The van der Waals surface area contributed by atoms with Crippen LogP contribution in [0.25, 0.3) is 0 Å². The Hall–Kier alpha value is -0.860. The van der Waals surface area contributed by atoms with E-state index in [1.165, 1.54) is 11.1 Å². The van der Waals surface area contributed by atoms with Crippen molar-refractivity contribution in [2.75, 3.05) is 6.61 Å². The summed E-state index contributed by atoms with van der Waals surface area (Å²) in [6, 6.07) is 8.27. The van der Waals surface area contributed by atoms with Crippen molar-refractivity contribution in [1.82, 2.24) is 0 Å². The molecule has 1 aromatic carbocycles. The largest absolute Gasteiger partial charge is 0.396 e. The van der Waals surface area contributed by atoms with E-state index in [-0.39, 0.29) is 12.1 Å². The van der Waals surface area contributed by atoms with Gasteiger partial charge in [0.25, 0.3) is 0 Å². The molecule has 1 aliphatic rings. The Morgan fingerprint density at radius 1 is 1.38 bits per heavy atom. The fourth-order valence-electron chi connectivity index (χ4n) is 2.18. The topological polar surface area (TPSA) is 46.2 Å². The molecule has 1 aliphatic carbocycles. The molecule has 0 radical (unpaired) electrons. The maximum atomic E-state index is 8.94. The van der Waals surface area contributed by atoms with E-state index in [4.69, 9.17) is 10.8 Å². The molecular weight excluding hydrogens is 162 g/mol. The average molecular weight is 177 g/mol. The first kappa shape index (κ1) is 8.73. The van der Waals surface area contributed by atoms with Crippen molar-refractivity contribution in [1.29, 1.82) is 0 Å². The zero-order valence-corrected chi connectivity index (χ0v) is 7.66. The van der Waals surface area contributed by atoms with E-state index in [9.17, 15) is 0 Å². The first-order chi connectivity index (χ1) is 6.26. The van der Waals surface area contributed by atoms with Gasteiger partial charge in [0.1, 0.15) is 0 Å². The van der Waals surface area contributed by atoms with Gasteiger partial charge in [-0.1, -0.05) is 24.3 Å². The Balaban J connectivity index is 2.37. The van der Waals surface area contributed by atoms with Crippen molar-refractivity contribution in [3.05, 3.63) is 35.4 Å². The zero-order valence-electron chi connectivity index (χ0n) is 7.66. The molecule has 2 rings (SSSR count). The highest BCUT2D eigenvalue weighted by atomic mass is 16.3. The molecule has 2 heteroatoms. The standard InChI is InChI=1S/C11H15NO/c12-11(7-8-13)6-5-9-3-1-2-4-10(9)11/h1-4,13H,5-8,12H2. The molecule has 0 aromatic heterocycles. The van der Waals surface area contributed by atoms with Gasteiger partial charge in [-0.3, -0.25) is 0 Å². The van der Waals surface area contributed by atoms with Gasteiger partial charge in [0.05, 0.1) is 0 Å². The normalized spacial score (nSPS) is 26.0. The highest BCUT2D eigenvalue weighted by molar-refractivity contribution is 5.38. The van der Waals surface area contributed by atoms with Crippen molar-refractivity contribution in [3.63, 3.8) is 0 Å². The van der Waals surface area contributed by atoms with Crippen LogP contribution in [0.2, 0.25) is 0 Å². The van der Waals surface area contributed by atoms with E-state index in [1.807, 2.05) is 12.1 Å². The molecule has 1 aromatic rings. The Bertz CT molecular complexity index is 307. The van der Waals surface area contributed by atoms with Gasteiger partial charge < -0.3 is 10.8 Å². The summed E-state index contributed by atoms with van der Waals surface area (Å²) in [5.41, 5.74) is 8.52. The SMILES string of the molecule is NC1(CCO)CCc2ccccc21. The minimum atomic E-state index is -0.272. The minimum absolute atomic E-state index is 0.171. The van der Waals surface area contributed by atoms with Crippen molar-refractivity contribution >= 4 is 0 Å². The fraction of sp³-hybridized carbons (Fsp3) is 0.455.